The number of hydrogen-bond acceptors (Lipinski definition) is 2. The zero-order valence-corrected chi connectivity index (χ0v) is 9.11. The van der Waals surface area contributed by atoms with Crippen LogP contribution in [0.5, 0.6) is 0 Å². The van der Waals surface area contributed by atoms with Crippen molar-refractivity contribution in [2.45, 2.75) is 19.6 Å². The monoisotopic (exact) mass is 238 g/mol. The van der Waals surface area contributed by atoms with Gasteiger partial charge in [-0.05, 0) is 17.7 Å². The Balaban J connectivity index is 1.82. The molecular weight excluding hydrogens is 226 g/mol. The van der Waals surface area contributed by atoms with Gasteiger partial charge in [-0.15, -0.1) is 0 Å². The van der Waals surface area contributed by atoms with Gasteiger partial charge < -0.3 is 9.15 Å². The molecule has 2 nitrogen and oxygen atoms in total. The Morgan fingerprint density at radius 1 is 1.00 bits per heavy atom. The van der Waals surface area contributed by atoms with Crippen LogP contribution < -0.4 is 0 Å². The molecule has 1 heterocycles. The molecule has 0 aliphatic heterocycles. The highest BCUT2D eigenvalue weighted by Gasteiger charge is 2.11. The molecule has 2 aromatic rings. The molecule has 2 rings (SSSR count). The van der Waals surface area contributed by atoms with Crippen LogP contribution in [0.1, 0.15) is 23.5 Å². The maximum atomic E-state index is 12.2. The summed E-state index contributed by atoms with van der Waals surface area (Å²) in [7, 11) is 0. The van der Waals surface area contributed by atoms with Crippen molar-refractivity contribution in [3.63, 3.8) is 0 Å². The number of halogens is 2. The summed E-state index contributed by atoms with van der Waals surface area (Å²) in [6.07, 6.45) is -2.57. The molecule has 0 radical (unpaired) electrons. The minimum absolute atomic E-state index is 0.196. The van der Waals surface area contributed by atoms with Crippen LogP contribution in [-0.2, 0) is 18.0 Å². The maximum absolute atomic E-state index is 12.2. The second kappa shape index (κ2) is 5.59. The number of benzene rings is 1. The zero-order chi connectivity index (χ0) is 12.1. The fraction of sp³-hybridized carbons (Fsp3) is 0.231. The van der Waals surface area contributed by atoms with Gasteiger partial charge in [-0.3, -0.25) is 0 Å². The van der Waals surface area contributed by atoms with E-state index in [-0.39, 0.29) is 12.4 Å². The first-order valence-electron chi connectivity index (χ1n) is 5.24. The summed E-state index contributed by atoms with van der Waals surface area (Å²) in [6, 6.07) is 12.4. The van der Waals surface area contributed by atoms with E-state index in [0.717, 1.165) is 5.56 Å². The lowest BCUT2D eigenvalue weighted by Crippen LogP contribution is -1.92. The fourth-order valence-corrected chi connectivity index (χ4v) is 1.43. The molecule has 0 atom stereocenters. The van der Waals surface area contributed by atoms with Gasteiger partial charge in [0.15, 0.2) is 5.76 Å². The van der Waals surface area contributed by atoms with E-state index in [1.165, 1.54) is 12.1 Å². The predicted molar refractivity (Wildman–Crippen MR) is 58.6 cm³/mol. The number of alkyl halides is 2. The molecular formula is C13H12F2O2. The molecule has 1 aromatic heterocycles. The van der Waals surface area contributed by atoms with Crippen molar-refractivity contribution >= 4 is 0 Å². The largest absolute Gasteiger partial charge is 0.458 e. The molecule has 4 heteroatoms. The molecule has 90 valence electrons. The minimum Gasteiger partial charge on any atom is -0.458 e. The average Bonchev–Trinajstić information content (AvgIpc) is 2.79. The summed E-state index contributed by atoms with van der Waals surface area (Å²) < 4.78 is 34.7. The molecule has 0 spiro atoms. The van der Waals surface area contributed by atoms with Crippen LogP contribution in [-0.4, -0.2) is 0 Å². The highest BCUT2D eigenvalue weighted by Crippen LogP contribution is 2.21. The van der Waals surface area contributed by atoms with Crippen molar-refractivity contribution < 1.29 is 17.9 Å². The number of hydrogen-bond donors (Lipinski definition) is 0. The van der Waals surface area contributed by atoms with Crippen molar-refractivity contribution in [3.05, 3.63) is 59.5 Å². The third-order valence-corrected chi connectivity index (χ3v) is 2.25. The highest BCUT2D eigenvalue weighted by atomic mass is 19.3. The molecule has 0 N–H and O–H groups in total. The van der Waals surface area contributed by atoms with E-state index in [2.05, 4.69) is 0 Å². The minimum atomic E-state index is -2.57. The molecule has 0 aliphatic carbocycles. The Bertz CT molecular complexity index is 451. The number of ether oxygens (including phenoxy) is 1. The second-order valence-corrected chi connectivity index (χ2v) is 3.58. The Morgan fingerprint density at radius 2 is 1.76 bits per heavy atom. The summed E-state index contributed by atoms with van der Waals surface area (Å²) in [5.41, 5.74) is 1.04. The van der Waals surface area contributed by atoms with Crippen LogP contribution >= 0.6 is 0 Å². The molecule has 0 aliphatic rings. The first-order chi connectivity index (χ1) is 8.25. The van der Waals surface area contributed by atoms with E-state index >= 15 is 0 Å². The Hall–Kier alpha value is -1.68. The Morgan fingerprint density at radius 3 is 2.41 bits per heavy atom. The van der Waals surface area contributed by atoms with Crippen molar-refractivity contribution in [1.29, 1.82) is 0 Å². The fourth-order valence-electron chi connectivity index (χ4n) is 1.43. The molecule has 0 fully saturated rings. The third kappa shape index (κ3) is 3.39. The van der Waals surface area contributed by atoms with Crippen LogP contribution in [0.3, 0.4) is 0 Å². The van der Waals surface area contributed by atoms with Gasteiger partial charge in [0.2, 0.25) is 0 Å². The van der Waals surface area contributed by atoms with E-state index in [1.807, 2.05) is 30.3 Å². The zero-order valence-electron chi connectivity index (χ0n) is 9.11. The standard InChI is InChI=1S/C13H12F2O2/c14-13(15)12-7-6-11(17-12)9-16-8-10-4-2-1-3-5-10/h1-7,13H,8-9H2. The summed E-state index contributed by atoms with van der Waals surface area (Å²) >= 11 is 0. The van der Waals surface area contributed by atoms with Crippen molar-refractivity contribution in [2.75, 3.05) is 0 Å². The summed E-state index contributed by atoms with van der Waals surface area (Å²) in [5, 5.41) is 0. The third-order valence-electron chi connectivity index (χ3n) is 2.25. The van der Waals surface area contributed by atoms with Gasteiger partial charge in [0, 0.05) is 0 Å². The quantitative estimate of drug-likeness (QED) is 0.787. The van der Waals surface area contributed by atoms with E-state index < -0.39 is 6.43 Å². The highest BCUT2D eigenvalue weighted by molar-refractivity contribution is 5.13. The molecule has 17 heavy (non-hydrogen) atoms. The van der Waals surface area contributed by atoms with Crippen LogP contribution in [0, 0.1) is 0 Å². The number of rotatable bonds is 5. The second-order valence-electron chi connectivity index (χ2n) is 3.58. The van der Waals surface area contributed by atoms with Gasteiger partial charge in [-0.25, -0.2) is 8.78 Å². The topological polar surface area (TPSA) is 22.4 Å². The summed E-state index contributed by atoms with van der Waals surface area (Å²) in [6.45, 7) is 0.632. The SMILES string of the molecule is FC(F)c1ccc(COCc2ccccc2)o1. The van der Waals surface area contributed by atoms with Gasteiger partial charge in [0.05, 0.1) is 6.61 Å². The lowest BCUT2D eigenvalue weighted by Gasteiger charge is -2.02. The lowest BCUT2D eigenvalue weighted by molar-refractivity contribution is 0.0814. The number of furan rings is 1. The van der Waals surface area contributed by atoms with E-state index in [1.54, 1.807) is 0 Å². The van der Waals surface area contributed by atoms with Gasteiger partial charge in [0.25, 0.3) is 6.43 Å². The Kier molecular flexibility index (Phi) is 3.88. The van der Waals surface area contributed by atoms with E-state index in [4.69, 9.17) is 9.15 Å². The van der Waals surface area contributed by atoms with Gasteiger partial charge >= 0.3 is 0 Å². The molecule has 0 saturated heterocycles. The van der Waals surface area contributed by atoms with E-state index in [0.29, 0.717) is 12.4 Å². The van der Waals surface area contributed by atoms with Crippen molar-refractivity contribution in [1.82, 2.24) is 0 Å². The Labute approximate surface area is 97.8 Å². The maximum Gasteiger partial charge on any atom is 0.295 e. The predicted octanol–water partition coefficient (Wildman–Crippen LogP) is 3.93. The molecule has 0 saturated carbocycles. The summed E-state index contributed by atoms with van der Waals surface area (Å²) in [4.78, 5) is 0. The van der Waals surface area contributed by atoms with Crippen LogP contribution in [0.15, 0.2) is 46.9 Å². The van der Waals surface area contributed by atoms with Crippen LogP contribution in [0.2, 0.25) is 0 Å². The molecule has 1 aromatic carbocycles. The van der Waals surface area contributed by atoms with Gasteiger partial charge in [-0.1, -0.05) is 30.3 Å². The molecule has 0 unspecified atom stereocenters. The average molecular weight is 238 g/mol. The normalized spacial score (nSPS) is 11.0. The lowest BCUT2D eigenvalue weighted by atomic mass is 10.2. The van der Waals surface area contributed by atoms with E-state index in [9.17, 15) is 8.78 Å². The van der Waals surface area contributed by atoms with Gasteiger partial charge in [0.1, 0.15) is 12.4 Å². The molecule has 0 bridgehead atoms. The van der Waals surface area contributed by atoms with Crippen molar-refractivity contribution in [3.8, 4) is 0 Å². The van der Waals surface area contributed by atoms with Crippen LogP contribution in [0.4, 0.5) is 8.78 Å². The first-order valence-corrected chi connectivity index (χ1v) is 5.24. The van der Waals surface area contributed by atoms with Crippen LogP contribution in [0.25, 0.3) is 0 Å². The van der Waals surface area contributed by atoms with Crippen molar-refractivity contribution in [2.24, 2.45) is 0 Å². The smallest absolute Gasteiger partial charge is 0.295 e. The molecule has 0 amide bonds. The van der Waals surface area contributed by atoms with Gasteiger partial charge in [-0.2, -0.15) is 0 Å². The first kappa shape index (κ1) is 11.8. The summed E-state index contributed by atoms with van der Waals surface area (Å²) in [5.74, 6) is 0.0968.